The lowest BCUT2D eigenvalue weighted by Gasteiger charge is -2.27. The fourth-order valence-electron chi connectivity index (χ4n) is 4.18. The first-order valence-electron chi connectivity index (χ1n) is 8.97. The highest BCUT2D eigenvalue weighted by molar-refractivity contribution is 5.53. The predicted molar refractivity (Wildman–Crippen MR) is 89.4 cm³/mol. The lowest BCUT2D eigenvalue weighted by Crippen LogP contribution is -2.37. The Morgan fingerprint density at radius 2 is 2.08 bits per heavy atom. The maximum absolute atomic E-state index is 11.0. The smallest absolute Gasteiger partial charge is 0.190 e. The lowest BCUT2D eigenvalue weighted by atomic mass is 9.89. The van der Waals surface area contributed by atoms with Crippen molar-refractivity contribution in [3.05, 3.63) is 28.3 Å². The molecule has 138 valence electrons. The molecule has 2 fully saturated rings. The van der Waals surface area contributed by atoms with Gasteiger partial charge in [0.15, 0.2) is 12.1 Å². The number of hydrogen-bond acceptors (Lipinski definition) is 6. The van der Waals surface area contributed by atoms with Crippen LogP contribution in [0.2, 0.25) is 0 Å². The van der Waals surface area contributed by atoms with Crippen LogP contribution in [0.3, 0.4) is 0 Å². The van der Waals surface area contributed by atoms with E-state index in [4.69, 9.17) is 18.9 Å². The number of aliphatic hydroxyl groups excluding tert-OH is 2. The second-order valence-electron chi connectivity index (χ2n) is 7.51. The van der Waals surface area contributed by atoms with Crippen molar-refractivity contribution in [2.24, 2.45) is 0 Å². The van der Waals surface area contributed by atoms with Crippen LogP contribution < -0.4 is 4.74 Å². The molecule has 25 heavy (non-hydrogen) atoms. The van der Waals surface area contributed by atoms with Crippen LogP contribution in [0.25, 0.3) is 0 Å². The monoisotopic (exact) mass is 350 g/mol. The van der Waals surface area contributed by atoms with E-state index in [-0.39, 0.29) is 0 Å². The Bertz CT molecular complexity index is 685. The molecule has 0 radical (unpaired) electrons. The summed E-state index contributed by atoms with van der Waals surface area (Å²) in [6, 6.07) is 2.02. The van der Waals surface area contributed by atoms with Crippen LogP contribution in [0, 0.1) is 6.92 Å². The molecule has 0 bridgehead atoms. The van der Waals surface area contributed by atoms with Crippen LogP contribution >= 0.6 is 0 Å². The molecule has 6 heteroatoms. The minimum absolute atomic E-state index is 0.588. The molecule has 0 aliphatic carbocycles. The number of rotatable bonds is 3. The molecule has 0 aromatic heterocycles. The van der Waals surface area contributed by atoms with Crippen molar-refractivity contribution in [2.45, 2.75) is 77.0 Å². The van der Waals surface area contributed by atoms with Gasteiger partial charge in [-0.2, -0.15) is 0 Å². The van der Waals surface area contributed by atoms with Crippen molar-refractivity contribution < 1.29 is 29.2 Å². The van der Waals surface area contributed by atoms with Crippen molar-refractivity contribution in [1.82, 2.24) is 0 Å². The van der Waals surface area contributed by atoms with Crippen LogP contribution in [0.15, 0.2) is 6.07 Å². The molecule has 1 aromatic rings. The molecule has 6 nitrogen and oxygen atoms in total. The summed E-state index contributed by atoms with van der Waals surface area (Å²) in [5.74, 6) is 0.0790. The first-order chi connectivity index (χ1) is 11.8. The minimum Gasteiger partial charge on any atom is -0.493 e. The van der Waals surface area contributed by atoms with Gasteiger partial charge in [0.1, 0.15) is 30.2 Å². The molecule has 3 aliphatic rings. The van der Waals surface area contributed by atoms with Crippen molar-refractivity contribution in [3.8, 4) is 5.75 Å². The largest absolute Gasteiger partial charge is 0.493 e. The fraction of sp³-hybridized carbons (Fsp3) is 0.684. The van der Waals surface area contributed by atoms with E-state index in [9.17, 15) is 10.2 Å². The summed E-state index contributed by atoms with van der Waals surface area (Å²) >= 11 is 0. The van der Waals surface area contributed by atoms with Crippen LogP contribution in [-0.4, -0.2) is 47.2 Å². The Morgan fingerprint density at radius 3 is 2.76 bits per heavy atom. The molecule has 2 N–H and O–H groups in total. The molecule has 2 saturated heterocycles. The number of ether oxygens (including phenoxy) is 4. The van der Waals surface area contributed by atoms with E-state index in [1.807, 2.05) is 13.0 Å². The Kier molecular flexibility index (Phi) is 4.09. The summed E-state index contributed by atoms with van der Waals surface area (Å²) in [7, 11) is 0. The zero-order valence-electron chi connectivity index (χ0n) is 15.1. The number of hydrogen-bond donors (Lipinski definition) is 2. The van der Waals surface area contributed by atoms with Gasteiger partial charge in [0.05, 0.1) is 6.61 Å². The molecule has 0 saturated carbocycles. The molecular formula is C19H26O6. The number of fused-ring (bicyclic) bond motifs is 2. The van der Waals surface area contributed by atoms with Crippen molar-refractivity contribution in [2.75, 3.05) is 6.61 Å². The van der Waals surface area contributed by atoms with Gasteiger partial charge in [-0.1, -0.05) is 13.0 Å². The van der Waals surface area contributed by atoms with E-state index in [2.05, 4.69) is 6.92 Å². The minimum atomic E-state index is -0.961. The van der Waals surface area contributed by atoms with E-state index in [0.717, 1.165) is 40.8 Å². The van der Waals surface area contributed by atoms with E-state index in [0.29, 0.717) is 6.61 Å². The first-order valence-corrected chi connectivity index (χ1v) is 8.97. The summed E-state index contributed by atoms with van der Waals surface area (Å²) in [5.41, 5.74) is 4.05. The zero-order chi connectivity index (χ0) is 17.9. The maximum atomic E-state index is 11.0. The number of benzene rings is 1. The summed E-state index contributed by atoms with van der Waals surface area (Å²) in [6.45, 7) is 8.31. The van der Waals surface area contributed by atoms with Crippen molar-refractivity contribution >= 4 is 0 Å². The Morgan fingerprint density at radius 1 is 1.32 bits per heavy atom. The third-order valence-corrected chi connectivity index (χ3v) is 5.44. The quantitative estimate of drug-likeness (QED) is 0.865. The second kappa shape index (κ2) is 5.93. The highest BCUT2D eigenvalue weighted by Gasteiger charge is 2.56. The predicted octanol–water partition coefficient (Wildman–Crippen LogP) is 1.76. The van der Waals surface area contributed by atoms with E-state index in [1.54, 1.807) is 13.8 Å². The third-order valence-electron chi connectivity index (χ3n) is 5.44. The van der Waals surface area contributed by atoms with Crippen molar-refractivity contribution in [3.63, 3.8) is 0 Å². The van der Waals surface area contributed by atoms with Gasteiger partial charge in [-0.25, -0.2) is 0 Å². The van der Waals surface area contributed by atoms with Gasteiger partial charge in [-0.15, -0.1) is 0 Å². The van der Waals surface area contributed by atoms with Gasteiger partial charge in [-0.05, 0) is 43.9 Å². The molecule has 3 aliphatic heterocycles. The van der Waals surface area contributed by atoms with Crippen LogP contribution in [0.5, 0.6) is 5.75 Å². The molecule has 0 spiro atoms. The van der Waals surface area contributed by atoms with Gasteiger partial charge in [-0.3, -0.25) is 0 Å². The molecule has 5 atom stereocenters. The maximum Gasteiger partial charge on any atom is 0.190 e. The van der Waals surface area contributed by atoms with Gasteiger partial charge in [0.2, 0.25) is 0 Å². The SMILES string of the molecule is CCc1cc([C@H](O)[C@@H]2O[C@H]3OC(C)(C)O[C@H]3[C@@H]2O)c2c(c1C)OCC2. The number of aryl methyl sites for hydroxylation is 1. The molecule has 1 aromatic carbocycles. The van der Waals surface area contributed by atoms with Gasteiger partial charge < -0.3 is 29.2 Å². The average molecular weight is 350 g/mol. The zero-order valence-corrected chi connectivity index (χ0v) is 15.1. The van der Waals surface area contributed by atoms with Crippen LogP contribution in [0.4, 0.5) is 0 Å². The topological polar surface area (TPSA) is 77.4 Å². The van der Waals surface area contributed by atoms with Crippen molar-refractivity contribution in [1.29, 1.82) is 0 Å². The highest BCUT2D eigenvalue weighted by Crippen LogP contribution is 2.44. The summed E-state index contributed by atoms with van der Waals surface area (Å²) < 4.78 is 23.0. The first kappa shape index (κ1) is 17.2. The number of aliphatic hydroxyl groups is 2. The highest BCUT2D eigenvalue weighted by atomic mass is 16.8. The fourth-order valence-corrected chi connectivity index (χ4v) is 4.18. The molecule has 3 heterocycles. The second-order valence-corrected chi connectivity index (χ2v) is 7.51. The van der Waals surface area contributed by atoms with Gasteiger partial charge >= 0.3 is 0 Å². The summed E-state index contributed by atoms with van der Waals surface area (Å²) in [4.78, 5) is 0. The molecule has 0 amide bonds. The van der Waals surface area contributed by atoms with E-state index < -0.39 is 36.5 Å². The van der Waals surface area contributed by atoms with Crippen LogP contribution in [0.1, 0.15) is 49.1 Å². The summed E-state index contributed by atoms with van der Waals surface area (Å²) in [5, 5.41) is 21.6. The lowest BCUT2D eigenvalue weighted by molar-refractivity contribution is -0.226. The Balaban J connectivity index is 1.65. The standard InChI is InChI=1S/C19H26O6/c1-5-10-8-12(11-6-7-22-15(11)9(10)2)13(20)16-14(21)17-18(23-16)25-19(3,4)24-17/h8,13-14,16-18,20-21H,5-7H2,1-4H3/t13-,14+,16-,17-,18-/m0/s1. The molecular weight excluding hydrogens is 324 g/mol. The van der Waals surface area contributed by atoms with Crippen LogP contribution in [-0.2, 0) is 27.1 Å². The normalized spacial score (nSPS) is 33.8. The average Bonchev–Trinajstić information content (AvgIpc) is 3.22. The van der Waals surface area contributed by atoms with Gasteiger partial charge in [0, 0.05) is 12.0 Å². The Hall–Kier alpha value is -1.18. The molecule has 4 rings (SSSR count). The van der Waals surface area contributed by atoms with Gasteiger partial charge in [0.25, 0.3) is 0 Å². The van der Waals surface area contributed by atoms with E-state index in [1.165, 1.54) is 0 Å². The Labute approximate surface area is 147 Å². The third kappa shape index (κ3) is 2.67. The van der Waals surface area contributed by atoms with E-state index >= 15 is 0 Å². The molecule has 0 unspecified atom stereocenters. The summed E-state index contributed by atoms with van der Waals surface area (Å²) in [6.07, 6.45) is -2.35.